The van der Waals surface area contributed by atoms with Gasteiger partial charge in [-0.15, -0.1) is 0 Å². The molecular weight excluding hydrogens is 220 g/mol. The molecule has 0 amide bonds. The zero-order valence-corrected chi connectivity index (χ0v) is 11.7. The Morgan fingerprint density at radius 1 is 1.28 bits per heavy atom. The van der Waals surface area contributed by atoms with E-state index in [4.69, 9.17) is 5.73 Å². The van der Waals surface area contributed by atoms with Gasteiger partial charge in [-0.1, -0.05) is 37.3 Å². The van der Waals surface area contributed by atoms with Crippen LogP contribution in [0, 0.1) is 5.92 Å². The summed E-state index contributed by atoms with van der Waals surface area (Å²) in [5.74, 6) is 0.933. The lowest BCUT2D eigenvalue weighted by Crippen LogP contribution is -2.46. The molecule has 0 saturated heterocycles. The van der Waals surface area contributed by atoms with Crippen LogP contribution in [-0.2, 0) is 5.54 Å². The Kier molecular flexibility index (Phi) is 4.41. The van der Waals surface area contributed by atoms with Gasteiger partial charge in [0.15, 0.2) is 0 Å². The van der Waals surface area contributed by atoms with Gasteiger partial charge in [0.25, 0.3) is 0 Å². The standard InChI is InChI=1S/C16H26N2/c1-3-11-18(12-14-9-10-14)13-16(2,17)15-7-5-4-6-8-15/h4-8,14H,3,9-13,17H2,1-2H3. The minimum absolute atomic E-state index is 0.245. The summed E-state index contributed by atoms with van der Waals surface area (Å²) in [6.07, 6.45) is 4.03. The number of nitrogens with two attached hydrogens (primary N) is 1. The highest BCUT2D eigenvalue weighted by Gasteiger charge is 2.28. The van der Waals surface area contributed by atoms with E-state index in [0.717, 1.165) is 19.0 Å². The second kappa shape index (κ2) is 5.85. The topological polar surface area (TPSA) is 29.3 Å². The fraction of sp³-hybridized carbons (Fsp3) is 0.625. The molecule has 0 radical (unpaired) electrons. The highest BCUT2D eigenvalue weighted by Crippen LogP contribution is 2.30. The first kappa shape index (κ1) is 13.6. The van der Waals surface area contributed by atoms with Crippen molar-refractivity contribution in [1.82, 2.24) is 4.90 Å². The number of hydrogen-bond acceptors (Lipinski definition) is 2. The first-order valence-corrected chi connectivity index (χ1v) is 7.18. The van der Waals surface area contributed by atoms with E-state index in [1.54, 1.807) is 0 Å². The Bertz CT molecular complexity index is 355. The van der Waals surface area contributed by atoms with Crippen LogP contribution in [-0.4, -0.2) is 24.5 Å². The fourth-order valence-electron chi connectivity index (χ4n) is 2.59. The van der Waals surface area contributed by atoms with Crippen LogP contribution in [0.1, 0.15) is 38.7 Å². The van der Waals surface area contributed by atoms with Crippen molar-refractivity contribution < 1.29 is 0 Å². The summed E-state index contributed by atoms with van der Waals surface area (Å²) in [6, 6.07) is 10.5. The lowest BCUT2D eigenvalue weighted by Gasteiger charge is -2.33. The third-order valence-corrected chi connectivity index (χ3v) is 3.74. The van der Waals surface area contributed by atoms with Crippen molar-refractivity contribution in [2.24, 2.45) is 11.7 Å². The zero-order chi connectivity index (χ0) is 13.0. The maximum atomic E-state index is 6.52. The van der Waals surface area contributed by atoms with Crippen LogP contribution in [0.3, 0.4) is 0 Å². The Balaban J connectivity index is 1.99. The van der Waals surface area contributed by atoms with Gasteiger partial charge in [-0.25, -0.2) is 0 Å². The Morgan fingerprint density at radius 2 is 1.94 bits per heavy atom. The Labute approximate surface area is 111 Å². The van der Waals surface area contributed by atoms with E-state index >= 15 is 0 Å². The van der Waals surface area contributed by atoms with Crippen LogP contribution >= 0.6 is 0 Å². The van der Waals surface area contributed by atoms with E-state index in [1.165, 1.54) is 31.4 Å². The van der Waals surface area contributed by atoms with E-state index in [1.807, 2.05) is 6.07 Å². The van der Waals surface area contributed by atoms with Crippen molar-refractivity contribution in [1.29, 1.82) is 0 Å². The van der Waals surface area contributed by atoms with Crippen molar-refractivity contribution >= 4 is 0 Å². The summed E-state index contributed by atoms with van der Waals surface area (Å²) in [7, 11) is 0. The van der Waals surface area contributed by atoms with Gasteiger partial charge in [0, 0.05) is 13.1 Å². The molecule has 2 rings (SSSR count). The molecule has 18 heavy (non-hydrogen) atoms. The average Bonchev–Trinajstić information content (AvgIpc) is 3.14. The van der Waals surface area contributed by atoms with Gasteiger partial charge in [0.05, 0.1) is 5.54 Å². The summed E-state index contributed by atoms with van der Waals surface area (Å²) < 4.78 is 0. The summed E-state index contributed by atoms with van der Waals surface area (Å²) in [5, 5.41) is 0. The summed E-state index contributed by atoms with van der Waals surface area (Å²) in [5.41, 5.74) is 7.52. The van der Waals surface area contributed by atoms with Gasteiger partial charge < -0.3 is 10.6 Å². The smallest absolute Gasteiger partial charge is 0.0509 e. The molecule has 0 aliphatic heterocycles. The van der Waals surface area contributed by atoms with Gasteiger partial charge in [-0.05, 0) is 44.2 Å². The number of benzene rings is 1. The molecule has 0 heterocycles. The van der Waals surface area contributed by atoms with Crippen LogP contribution in [0.25, 0.3) is 0 Å². The van der Waals surface area contributed by atoms with Gasteiger partial charge >= 0.3 is 0 Å². The van der Waals surface area contributed by atoms with E-state index in [0.29, 0.717) is 0 Å². The van der Waals surface area contributed by atoms with Crippen LogP contribution in [0.4, 0.5) is 0 Å². The quantitative estimate of drug-likeness (QED) is 0.801. The third-order valence-electron chi connectivity index (χ3n) is 3.74. The molecule has 1 aliphatic rings. The molecule has 1 saturated carbocycles. The molecule has 0 spiro atoms. The number of rotatable bonds is 7. The summed E-state index contributed by atoms with van der Waals surface area (Å²) in [6.45, 7) is 7.75. The number of hydrogen-bond donors (Lipinski definition) is 1. The molecule has 2 nitrogen and oxygen atoms in total. The molecule has 0 bridgehead atoms. The maximum Gasteiger partial charge on any atom is 0.0509 e. The molecule has 0 aromatic heterocycles. The van der Waals surface area contributed by atoms with Crippen molar-refractivity contribution in [2.75, 3.05) is 19.6 Å². The summed E-state index contributed by atoms with van der Waals surface area (Å²) >= 11 is 0. The minimum Gasteiger partial charge on any atom is -0.321 e. The lowest BCUT2D eigenvalue weighted by molar-refractivity contribution is 0.209. The number of nitrogens with zero attached hydrogens (tertiary/aromatic N) is 1. The second-order valence-electron chi connectivity index (χ2n) is 5.96. The highest BCUT2D eigenvalue weighted by atomic mass is 15.1. The molecule has 1 aliphatic carbocycles. The normalized spacial score (nSPS) is 18.9. The largest absolute Gasteiger partial charge is 0.321 e. The van der Waals surface area contributed by atoms with Crippen molar-refractivity contribution in [2.45, 2.75) is 38.6 Å². The highest BCUT2D eigenvalue weighted by molar-refractivity contribution is 5.23. The molecule has 2 N–H and O–H groups in total. The van der Waals surface area contributed by atoms with E-state index in [2.05, 4.69) is 43.0 Å². The Morgan fingerprint density at radius 3 is 2.50 bits per heavy atom. The van der Waals surface area contributed by atoms with Crippen LogP contribution in [0.15, 0.2) is 30.3 Å². The average molecular weight is 246 g/mol. The molecule has 1 aromatic carbocycles. The van der Waals surface area contributed by atoms with Crippen LogP contribution in [0.2, 0.25) is 0 Å². The first-order valence-electron chi connectivity index (χ1n) is 7.18. The first-order chi connectivity index (χ1) is 8.62. The van der Waals surface area contributed by atoms with E-state index < -0.39 is 0 Å². The molecule has 1 atom stereocenters. The lowest BCUT2D eigenvalue weighted by atomic mass is 9.92. The van der Waals surface area contributed by atoms with Crippen LogP contribution in [0.5, 0.6) is 0 Å². The van der Waals surface area contributed by atoms with E-state index in [9.17, 15) is 0 Å². The fourth-order valence-corrected chi connectivity index (χ4v) is 2.59. The predicted octanol–water partition coefficient (Wildman–Crippen LogP) is 2.98. The third kappa shape index (κ3) is 3.82. The monoisotopic (exact) mass is 246 g/mol. The van der Waals surface area contributed by atoms with Crippen molar-refractivity contribution in [3.8, 4) is 0 Å². The Hall–Kier alpha value is -0.860. The van der Waals surface area contributed by atoms with Gasteiger partial charge in [-0.2, -0.15) is 0 Å². The molecule has 1 aromatic rings. The van der Waals surface area contributed by atoms with Crippen LogP contribution < -0.4 is 5.73 Å². The van der Waals surface area contributed by atoms with Gasteiger partial charge in [0.2, 0.25) is 0 Å². The minimum atomic E-state index is -0.245. The molecule has 1 fully saturated rings. The van der Waals surface area contributed by atoms with Gasteiger partial charge in [0.1, 0.15) is 0 Å². The molecule has 100 valence electrons. The molecule has 2 heteroatoms. The maximum absolute atomic E-state index is 6.52. The molecule has 1 unspecified atom stereocenters. The zero-order valence-electron chi connectivity index (χ0n) is 11.7. The van der Waals surface area contributed by atoms with Crippen molar-refractivity contribution in [3.63, 3.8) is 0 Å². The predicted molar refractivity (Wildman–Crippen MR) is 77.4 cm³/mol. The molecular formula is C16H26N2. The van der Waals surface area contributed by atoms with Gasteiger partial charge in [-0.3, -0.25) is 0 Å². The van der Waals surface area contributed by atoms with E-state index in [-0.39, 0.29) is 5.54 Å². The SMILES string of the molecule is CCCN(CC1CC1)CC(C)(N)c1ccccc1. The van der Waals surface area contributed by atoms with Crippen molar-refractivity contribution in [3.05, 3.63) is 35.9 Å². The summed E-state index contributed by atoms with van der Waals surface area (Å²) in [4.78, 5) is 2.55. The second-order valence-corrected chi connectivity index (χ2v) is 5.96.